The topological polar surface area (TPSA) is 40.5 Å². The number of aliphatic hydroxyl groups excluding tert-OH is 1. The number of rotatable bonds is 5. The molecule has 5 fully saturated rings. The molecule has 0 aliphatic heterocycles. The van der Waals surface area contributed by atoms with E-state index in [1.807, 2.05) is 27.7 Å². The van der Waals surface area contributed by atoms with Gasteiger partial charge in [-0.3, -0.25) is 0 Å². The van der Waals surface area contributed by atoms with Crippen molar-refractivity contribution in [3.05, 3.63) is 0 Å². The summed E-state index contributed by atoms with van der Waals surface area (Å²) in [6.07, 6.45) is 13.9. The fraction of sp³-hybridized carbons (Fsp3) is 1.00. The molecule has 32 heavy (non-hydrogen) atoms. The summed E-state index contributed by atoms with van der Waals surface area (Å²) in [6, 6.07) is 0. The molecule has 0 spiro atoms. The van der Waals surface area contributed by atoms with Crippen LogP contribution in [0.5, 0.6) is 0 Å². The van der Waals surface area contributed by atoms with Crippen LogP contribution in [-0.2, 0) is 0 Å². The lowest BCUT2D eigenvalue weighted by atomic mass is 9.43. The number of hydrogen-bond donors (Lipinski definition) is 2. The van der Waals surface area contributed by atoms with E-state index in [0.717, 1.165) is 66.6 Å². The molecule has 0 heterocycles. The molecule has 186 valence electrons. The summed E-state index contributed by atoms with van der Waals surface area (Å²) in [4.78, 5) is 0. The van der Waals surface area contributed by atoms with Gasteiger partial charge in [-0.1, -0.05) is 47.5 Å². The normalized spacial score (nSPS) is 51.5. The number of fused-ring (bicyclic) bond motifs is 7. The predicted octanol–water partition coefficient (Wildman–Crippen LogP) is 7.47. The van der Waals surface area contributed by atoms with Crippen LogP contribution in [0.3, 0.4) is 0 Å². The van der Waals surface area contributed by atoms with E-state index in [2.05, 4.69) is 20.8 Å². The minimum atomic E-state index is -0.503. The highest BCUT2D eigenvalue weighted by Gasteiger charge is 2.72. The maximum Gasteiger partial charge on any atom is 0.0591 e. The lowest BCUT2D eigenvalue weighted by molar-refractivity contribution is -0.136. The summed E-state index contributed by atoms with van der Waals surface area (Å²) in [5.74, 6) is 7.53. The average molecular weight is 447 g/mol. The van der Waals surface area contributed by atoms with Crippen molar-refractivity contribution < 1.29 is 10.2 Å². The van der Waals surface area contributed by atoms with Crippen molar-refractivity contribution in [2.24, 2.45) is 58.2 Å². The van der Waals surface area contributed by atoms with E-state index >= 15 is 0 Å². The Hall–Kier alpha value is -0.0800. The van der Waals surface area contributed by atoms with Crippen molar-refractivity contribution >= 4 is 0 Å². The van der Waals surface area contributed by atoms with Crippen molar-refractivity contribution in [3.8, 4) is 0 Å². The van der Waals surface area contributed by atoms with Crippen LogP contribution in [0.1, 0.15) is 119 Å². The van der Waals surface area contributed by atoms with Gasteiger partial charge in [0.15, 0.2) is 0 Å². The van der Waals surface area contributed by atoms with Crippen LogP contribution >= 0.6 is 0 Å². The molecular formula is C30H54O2. The van der Waals surface area contributed by atoms with Gasteiger partial charge in [-0.15, -0.1) is 0 Å². The van der Waals surface area contributed by atoms with Gasteiger partial charge < -0.3 is 10.2 Å². The number of unbranched alkanes of at least 4 members (excludes halogenated alkanes) is 1. The van der Waals surface area contributed by atoms with Crippen molar-refractivity contribution in [3.63, 3.8) is 0 Å². The highest BCUT2D eigenvalue weighted by atomic mass is 16.3. The van der Waals surface area contributed by atoms with Crippen molar-refractivity contribution in [2.75, 3.05) is 0 Å². The molecule has 2 nitrogen and oxygen atoms in total. The van der Waals surface area contributed by atoms with E-state index in [9.17, 15) is 10.2 Å². The zero-order valence-electron chi connectivity index (χ0n) is 22.4. The second kappa shape index (κ2) is 8.85. The van der Waals surface area contributed by atoms with E-state index in [0.29, 0.717) is 10.8 Å². The predicted molar refractivity (Wildman–Crippen MR) is 134 cm³/mol. The molecule has 0 aromatic rings. The Balaban J connectivity index is 0.00000119. The van der Waals surface area contributed by atoms with Crippen LogP contribution in [0.25, 0.3) is 0 Å². The van der Waals surface area contributed by atoms with Crippen molar-refractivity contribution in [2.45, 2.75) is 131 Å². The Labute approximate surface area is 199 Å². The third kappa shape index (κ3) is 4.02. The SMILES string of the molecule is CC.CC1C2C1C1C3CCC4CC(O)CCC4(C)C3CCC1(C)C2CCCCC(C)(C)O. The fourth-order valence-electron chi connectivity index (χ4n) is 10.3. The monoisotopic (exact) mass is 446 g/mol. The Morgan fingerprint density at radius 2 is 1.59 bits per heavy atom. The van der Waals surface area contributed by atoms with Gasteiger partial charge in [0.25, 0.3) is 0 Å². The highest BCUT2D eigenvalue weighted by Crippen LogP contribution is 2.78. The number of hydrogen-bond acceptors (Lipinski definition) is 2. The molecule has 5 saturated carbocycles. The van der Waals surface area contributed by atoms with Crippen LogP contribution in [0, 0.1) is 58.2 Å². The third-order valence-corrected chi connectivity index (χ3v) is 11.7. The molecule has 0 amide bonds. The standard InChI is InChI=1S/C28H48O2.C2H6/c1-17-23-22(8-6-7-13-26(2,3)30)28(5)15-12-21-20(25(28)24(17)23)10-9-18-16-19(29)11-14-27(18,21)4;1-2/h17-25,29-30H,6-16H2,1-5H3;1-2H3. The first-order chi connectivity index (χ1) is 15.1. The molecule has 11 unspecified atom stereocenters. The zero-order valence-corrected chi connectivity index (χ0v) is 22.4. The number of aliphatic hydroxyl groups is 2. The van der Waals surface area contributed by atoms with E-state index in [4.69, 9.17) is 0 Å². The summed E-state index contributed by atoms with van der Waals surface area (Å²) in [5.41, 5.74) is 0.578. The summed E-state index contributed by atoms with van der Waals surface area (Å²) in [6.45, 7) is 15.8. The maximum atomic E-state index is 10.3. The molecule has 0 saturated heterocycles. The van der Waals surface area contributed by atoms with E-state index in [-0.39, 0.29) is 6.10 Å². The second-order valence-electron chi connectivity index (χ2n) is 13.7. The first-order valence-electron chi connectivity index (χ1n) is 14.5. The average Bonchev–Trinajstić information content (AvgIpc) is 3.28. The molecule has 0 aromatic carbocycles. The smallest absolute Gasteiger partial charge is 0.0591 e. The van der Waals surface area contributed by atoms with Gasteiger partial charge in [0.2, 0.25) is 0 Å². The molecule has 2 heteroatoms. The Kier molecular flexibility index (Phi) is 6.92. The second-order valence-corrected chi connectivity index (χ2v) is 13.7. The van der Waals surface area contributed by atoms with E-state index in [1.54, 1.807) is 0 Å². The largest absolute Gasteiger partial charge is 0.393 e. The van der Waals surface area contributed by atoms with Crippen molar-refractivity contribution in [1.29, 1.82) is 0 Å². The maximum absolute atomic E-state index is 10.3. The third-order valence-electron chi connectivity index (χ3n) is 11.7. The van der Waals surface area contributed by atoms with Gasteiger partial charge in [0.05, 0.1) is 11.7 Å². The Bertz CT molecular complexity index is 652. The molecule has 5 aliphatic carbocycles. The van der Waals surface area contributed by atoms with Gasteiger partial charge in [0.1, 0.15) is 0 Å². The van der Waals surface area contributed by atoms with Gasteiger partial charge in [-0.05, 0) is 130 Å². The summed E-state index contributed by atoms with van der Waals surface area (Å²) in [5, 5.41) is 20.4. The molecule has 2 N–H and O–H groups in total. The van der Waals surface area contributed by atoms with Crippen LogP contribution in [-0.4, -0.2) is 21.9 Å². The minimum absolute atomic E-state index is 0.0268. The van der Waals surface area contributed by atoms with Crippen LogP contribution in [0.4, 0.5) is 0 Å². The van der Waals surface area contributed by atoms with Crippen LogP contribution in [0.15, 0.2) is 0 Å². The van der Waals surface area contributed by atoms with Gasteiger partial charge in [0, 0.05) is 0 Å². The van der Waals surface area contributed by atoms with E-state index < -0.39 is 5.60 Å². The zero-order chi connectivity index (χ0) is 23.5. The summed E-state index contributed by atoms with van der Waals surface area (Å²) >= 11 is 0. The molecule has 5 rings (SSSR count). The van der Waals surface area contributed by atoms with Gasteiger partial charge in [-0.25, -0.2) is 0 Å². The molecule has 11 atom stereocenters. The fourth-order valence-corrected chi connectivity index (χ4v) is 10.3. The lowest BCUT2D eigenvalue weighted by Crippen LogP contribution is -2.55. The van der Waals surface area contributed by atoms with E-state index in [1.165, 1.54) is 51.4 Å². The Morgan fingerprint density at radius 1 is 0.906 bits per heavy atom. The van der Waals surface area contributed by atoms with Crippen LogP contribution in [0.2, 0.25) is 0 Å². The Morgan fingerprint density at radius 3 is 2.28 bits per heavy atom. The lowest BCUT2D eigenvalue weighted by Gasteiger charge is -2.62. The quantitative estimate of drug-likeness (QED) is 0.430. The molecular weight excluding hydrogens is 392 g/mol. The minimum Gasteiger partial charge on any atom is -0.393 e. The van der Waals surface area contributed by atoms with Crippen molar-refractivity contribution in [1.82, 2.24) is 0 Å². The molecule has 0 radical (unpaired) electrons. The summed E-state index contributed by atoms with van der Waals surface area (Å²) < 4.78 is 0. The first kappa shape index (κ1) is 25.0. The van der Waals surface area contributed by atoms with Gasteiger partial charge in [-0.2, -0.15) is 0 Å². The molecule has 5 aliphatic rings. The molecule has 0 aromatic heterocycles. The summed E-state index contributed by atoms with van der Waals surface area (Å²) in [7, 11) is 0. The van der Waals surface area contributed by atoms with Gasteiger partial charge >= 0.3 is 0 Å². The first-order valence-corrected chi connectivity index (χ1v) is 14.5. The van der Waals surface area contributed by atoms with Crippen LogP contribution < -0.4 is 0 Å². The molecule has 0 bridgehead atoms. The highest BCUT2D eigenvalue weighted by molar-refractivity contribution is 5.20.